The zero-order chi connectivity index (χ0) is 18.6. The van der Waals surface area contributed by atoms with Gasteiger partial charge in [-0.25, -0.2) is 0 Å². The van der Waals surface area contributed by atoms with E-state index < -0.39 is 16.2 Å². The maximum Gasteiger partial charge on any atom is 0.297 e. The lowest BCUT2D eigenvalue weighted by Gasteiger charge is -2.22. The highest BCUT2D eigenvalue weighted by Gasteiger charge is 2.26. The molecular formula is C19H24O5S. The van der Waals surface area contributed by atoms with Crippen LogP contribution in [-0.4, -0.2) is 28.7 Å². The minimum absolute atomic E-state index is 0.148. The molecule has 136 valence electrons. The predicted molar refractivity (Wildman–Crippen MR) is 96.9 cm³/mol. The van der Waals surface area contributed by atoms with E-state index in [0.717, 1.165) is 11.1 Å². The van der Waals surface area contributed by atoms with Crippen molar-refractivity contribution < 1.29 is 22.1 Å². The average Bonchev–Trinajstić information content (AvgIpc) is 2.60. The molecule has 25 heavy (non-hydrogen) atoms. The molecule has 0 fully saturated rings. The molecule has 0 spiro atoms. The molecule has 0 radical (unpaired) electrons. The molecule has 0 aliphatic carbocycles. The summed E-state index contributed by atoms with van der Waals surface area (Å²) in [6.07, 6.45) is -0.577. The van der Waals surface area contributed by atoms with Crippen molar-refractivity contribution >= 4 is 10.1 Å². The lowest BCUT2D eigenvalue weighted by atomic mass is 9.95. The number of hydrogen-bond donors (Lipinski definition) is 0. The van der Waals surface area contributed by atoms with Gasteiger partial charge >= 0.3 is 0 Å². The zero-order valence-corrected chi connectivity index (χ0v) is 16.0. The summed E-state index contributed by atoms with van der Waals surface area (Å²) in [5.41, 5.74) is 1.81. The van der Waals surface area contributed by atoms with Crippen LogP contribution in [0.25, 0.3) is 0 Å². The van der Waals surface area contributed by atoms with Gasteiger partial charge in [0.05, 0.1) is 25.2 Å². The Balaban J connectivity index is 2.25. The summed E-state index contributed by atoms with van der Waals surface area (Å²) in [5.74, 6) is 1.12. The lowest BCUT2D eigenvalue weighted by Crippen LogP contribution is -2.21. The molecule has 0 heterocycles. The molecule has 2 atom stereocenters. The smallest absolute Gasteiger partial charge is 0.297 e. The van der Waals surface area contributed by atoms with Gasteiger partial charge in [0.1, 0.15) is 11.5 Å². The van der Waals surface area contributed by atoms with Crippen LogP contribution in [0.2, 0.25) is 0 Å². The molecule has 0 N–H and O–H groups in total. The van der Waals surface area contributed by atoms with E-state index in [2.05, 4.69) is 0 Å². The van der Waals surface area contributed by atoms with Crippen molar-refractivity contribution in [2.75, 3.05) is 14.2 Å². The Kier molecular flexibility index (Phi) is 6.08. The quantitative estimate of drug-likeness (QED) is 0.697. The molecule has 2 aromatic rings. The first kappa shape index (κ1) is 19.3. The molecule has 0 aliphatic rings. The highest BCUT2D eigenvalue weighted by Crippen LogP contribution is 2.34. The standard InChI is InChI=1S/C19H24O5S/c1-13-6-9-17(10-7-13)25(20,21)24-15(3)14(2)18-12-16(22-4)8-11-19(18)23-5/h6-12,14-15H,1-5H3/t14-,15+/m1/s1. The summed E-state index contributed by atoms with van der Waals surface area (Å²) in [7, 11) is -0.679. The largest absolute Gasteiger partial charge is 0.497 e. The Morgan fingerprint density at radius 1 is 0.920 bits per heavy atom. The normalized spacial score (nSPS) is 14.0. The minimum atomic E-state index is -3.84. The van der Waals surface area contributed by atoms with Gasteiger partial charge in [-0.05, 0) is 44.2 Å². The van der Waals surface area contributed by atoms with Gasteiger partial charge in [-0.1, -0.05) is 24.6 Å². The van der Waals surface area contributed by atoms with Crippen LogP contribution in [0.4, 0.5) is 0 Å². The molecular weight excluding hydrogens is 340 g/mol. The average molecular weight is 364 g/mol. The number of hydrogen-bond acceptors (Lipinski definition) is 5. The molecule has 0 amide bonds. The molecule has 2 rings (SSSR count). The first-order chi connectivity index (χ1) is 11.8. The number of benzene rings is 2. The molecule has 6 heteroatoms. The zero-order valence-electron chi connectivity index (χ0n) is 15.1. The Morgan fingerprint density at radius 3 is 2.12 bits per heavy atom. The molecule has 0 saturated heterocycles. The minimum Gasteiger partial charge on any atom is -0.497 e. The summed E-state index contributed by atoms with van der Waals surface area (Å²) >= 11 is 0. The third kappa shape index (κ3) is 4.52. The number of rotatable bonds is 7. The highest BCUT2D eigenvalue weighted by molar-refractivity contribution is 7.86. The van der Waals surface area contributed by atoms with E-state index in [-0.39, 0.29) is 10.8 Å². The van der Waals surface area contributed by atoms with Crippen molar-refractivity contribution in [2.24, 2.45) is 0 Å². The van der Waals surface area contributed by atoms with Crippen LogP contribution in [0, 0.1) is 6.92 Å². The summed E-state index contributed by atoms with van der Waals surface area (Å²) in [4.78, 5) is 0.148. The van der Waals surface area contributed by atoms with E-state index in [4.69, 9.17) is 13.7 Å². The summed E-state index contributed by atoms with van der Waals surface area (Å²) in [6, 6.07) is 12.0. The van der Waals surface area contributed by atoms with Crippen LogP contribution in [0.15, 0.2) is 47.4 Å². The van der Waals surface area contributed by atoms with Crippen molar-refractivity contribution in [1.29, 1.82) is 0 Å². The topological polar surface area (TPSA) is 61.8 Å². The fourth-order valence-corrected chi connectivity index (χ4v) is 3.64. The van der Waals surface area contributed by atoms with Gasteiger partial charge in [0, 0.05) is 11.5 Å². The Morgan fingerprint density at radius 2 is 1.56 bits per heavy atom. The van der Waals surface area contributed by atoms with E-state index >= 15 is 0 Å². The van der Waals surface area contributed by atoms with Crippen LogP contribution in [0.1, 0.15) is 30.9 Å². The van der Waals surface area contributed by atoms with Crippen LogP contribution >= 0.6 is 0 Å². The molecule has 5 nitrogen and oxygen atoms in total. The van der Waals surface area contributed by atoms with Crippen LogP contribution in [0.5, 0.6) is 11.5 Å². The maximum absolute atomic E-state index is 12.5. The number of aryl methyl sites for hydroxylation is 1. The second-order valence-corrected chi connectivity index (χ2v) is 7.54. The summed E-state index contributed by atoms with van der Waals surface area (Å²) in [6.45, 7) is 5.53. The van der Waals surface area contributed by atoms with Gasteiger partial charge < -0.3 is 9.47 Å². The fraction of sp³-hybridized carbons (Fsp3) is 0.368. The monoisotopic (exact) mass is 364 g/mol. The van der Waals surface area contributed by atoms with Crippen molar-refractivity contribution in [3.8, 4) is 11.5 Å². The second-order valence-electron chi connectivity index (χ2n) is 5.97. The van der Waals surface area contributed by atoms with Gasteiger partial charge in [0.2, 0.25) is 0 Å². The molecule has 0 unspecified atom stereocenters. The molecule has 0 saturated carbocycles. The SMILES string of the molecule is COc1ccc(OC)c([C@H](C)[C@H](C)OS(=O)(=O)c2ccc(C)cc2)c1. The van der Waals surface area contributed by atoms with Gasteiger partial charge in [-0.15, -0.1) is 0 Å². The van der Waals surface area contributed by atoms with Gasteiger partial charge in [-0.3, -0.25) is 4.18 Å². The molecule has 0 aliphatic heterocycles. The first-order valence-electron chi connectivity index (χ1n) is 8.00. The van der Waals surface area contributed by atoms with E-state index in [9.17, 15) is 8.42 Å². The van der Waals surface area contributed by atoms with E-state index in [1.54, 1.807) is 57.5 Å². The van der Waals surface area contributed by atoms with E-state index in [1.165, 1.54) is 0 Å². The summed E-state index contributed by atoms with van der Waals surface area (Å²) < 4.78 is 41.0. The van der Waals surface area contributed by atoms with Crippen LogP contribution in [0.3, 0.4) is 0 Å². The van der Waals surface area contributed by atoms with Crippen LogP contribution < -0.4 is 9.47 Å². The van der Waals surface area contributed by atoms with Gasteiger partial charge in [0.25, 0.3) is 10.1 Å². The molecule has 2 aromatic carbocycles. The van der Waals surface area contributed by atoms with Crippen LogP contribution in [-0.2, 0) is 14.3 Å². The lowest BCUT2D eigenvalue weighted by molar-refractivity contribution is 0.200. The van der Waals surface area contributed by atoms with Crippen molar-refractivity contribution in [1.82, 2.24) is 0 Å². The van der Waals surface area contributed by atoms with E-state index in [1.807, 2.05) is 19.9 Å². The number of methoxy groups -OCH3 is 2. The van der Waals surface area contributed by atoms with Gasteiger partial charge in [0.15, 0.2) is 0 Å². The van der Waals surface area contributed by atoms with Crippen molar-refractivity contribution in [2.45, 2.75) is 37.7 Å². The Hall–Kier alpha value is -2.05. The van der Waals surface area contributed by atoms with Gasteiger partial charge in [-0.2, -0.15) is 8.42 Å². The molecule has 0 aromatic heterocycles. The number of ether oxygens (including phenoxy) is 2. The highest BCUT2D eigenvalue weighted by atomic mass is 32.2. The fourth-order valence-electron chi connectivity index (χ4n) is 2.49. The van der Waals surface area contributed by atoms with E-state index in [0.29, 0.717) is 11.5 Å². The second kappa shape index (κ2) is 7.89. The third-order valence-electron chi connectivity index (χ3n) is 4.22. The van der Waals surface area contributed by atoms with Crippen molar-refractivity contribution in [3.63, 3.8) is 0 Å². The summed E-state index contributed by atoms with van der Waals surface area (Å²) in [5, 5.41) is 0. The maximum atomic E-state index is 12.5. The Labute approximate surface area is 149 Å². The first-order valence-corrected chi connectivity index (χ1v) is 9.41. The van der Waals surface area contributed by atoms with Crippen molar-refractivity contribution in [3.05, 3.63) is 53.6 Å². The molecule has 0 bridgehead atoms. The Bertz CT molecular complexity index is 812. The predicted octanol–water partition coefficient (Wildman–Crippen LogP) is 3.91. The third-order valence-corrected chi connectivity index (χ3v) is 5.63.